The minimum Gasteiger partial charge on any atom is -0.478 e. The van der Waals surface area contributed by atoms with Gasteiger partial charge in [0.05, 0.1) is 11.6 Å². The lowest BCUT2D eigenvalue weighted by atomic mass is 9.95. The maximum absolute atomic E-state index is 13.8. The van der Waals surface area contributed by atoms with Crippen molar-refractivity contribution in [2.75, 3.05) is 0 Å². The number of hydrogen-bond acceptors (Lipinski definition) is 3. The molecule has 2 aromatic rings. The predicted octanol–water partition coefficient (Wildman–Crippen LogP) is 6.13. The van der Waals surface area contributed by atoms with Crippen LogP contribution in [0.4, 0.5) is 0 Å². The Balaban J connectivity index is 1.77. The third-order valence-electron chi connectivity index (χ3n) is 6.15. The zero-order valence-electron chi connectivity index (χ0n) is 17.3. The van der Waals surface area contributed by atoms with Gasteiger partial charge in [-0.2, -0.15) is 0 Å². The number of aromatic carboxylic acids is 1. The summed E-state index contributed by atoms with van der Waals surface area (Å²) in [5, 5.41) is 10.2. The van der Waals surface area contributed by atoms with E-state index in [0.717, 1.165) is 44.1 Å². The number of nitrogens with zero attached hydrogens (tertiary/aromatic N) is 2. The van der Waals surface area contributed by atoms with Crippen molar-refractivity contribution in [3.05, 3.63) is 69.2 Å². The van der Waals surface area contributed by atoms with Crippen LogP contribution in [0, 0.1) is 0 Å². The second-order valence-electron chi connectivity index (χ2n) is 8.21. The van der Waals surface area contributed by atoms with Gasteiger partial charge < -0.3 is 10.0 Å². The maximum atomic E-state index is 13.8. The predicted molar refractivity (Wildman–Crippen MR) is 122 cm³/mol. The van der Waals surface area contributed by atoms with Crippen LogP contribution in [0.5, 0.6) is 0 Å². The molecule has 0 unspecified atom stereocenters. The largest absolute Gasteiger partial charge is 0.478 e. The average molecular weight is 459 g/mol. The van der Waals surface area contributed by atoms with E-state index < -0.39 is 11.6 Å². The van der Waals surface area contributed by atoms with Crippen LogP contribution in [0.25, 0.3) is 0 Å². The standard InChI is InChI=1S/C24H24Cl2N2O3/c1-2-5-20(15-6-8-16(9-7-15)23(30)31)28-22(29)21(27-24(28)10-3-4-11-24)17-12-18(25)14-19(26)13-17/h6-9,12-14,20H,2-5,10-11H2,1H3,(H,30,31)/t20-/m1/s1. The van der Waals surface area contributed by atoms with Gasteiger partial charge in [-0.3, -0.25) is 9.79 Å². The quantitative estimate of drug-likeness (QED) is 0.565. The number of benzene rings is 2. The van der Waals surface area contributed by atoms with Gasteiger partial charge in [0, 0.05) is 15.6 Å². The first-order valence-corrected chi connectivity index (χ1v) is 11.3. The van der Waals surface area contributed by atoms with Crippen molar-refractivity contribution in [3.8, 4) is 0 Å². The molecular weight excluding hydrogens is 435 g/mol. The number of carboxylic acid groups (broad SMARTS) is 1. The van der Waals surface area contributed by atoms with Crippen LogP contribution in [0.1, 0.15) is 73.0 Å². The Morgan fingerprint density at radius 3 is 2.29 bits per heavy atom. The van der Waals surface area contributed by atoms with Crippen LogP contribution < -0.4 is 0 Å². The van der Waals surface area contributed by atoms with E-state index >= 15 is 0 Å². The first-order chi connectivity index (χ1) is 14.8. The summed E-state index contributed by atoms with van der Waals surface area (Å²) < 4.78 is 0. The SMILES string of the molecule is CCC[C@H](c1ccc(C(=O)O)cc1)N1C(=O)C(c2cc(Cl)cc(Cl)c2)=NC12CCCC2. The van der Waals surface area contributed by atoms with Crippen molar-refractivity contribution in [2.45, 2.75) is 57.2 Å². The number of hydrogen-bond donors (Lipinski definition) is 1. The molecule has 2 aliphatic rings. The van der Waals surface area contributed by atoms with Gasteiger partial charge in [0.2, 0.25) is 0 Å². The summed E-state index contributed by atoms with van der Waals surface area (Å²) in [4.78, 5) is 32.0. The molecule has 1 atom stereocenters. The van der Waals surface area contributed by atoms with Gasteiger partial charge >= 0.3 is 5.97 Å². The first-order valence-electron chi connectivity index (χ1n) is 10.6. The van der Waals surface area contributed by atoms with Crippen LogP contribution in [-0.2, 0) is 4.79 Å². The van der Waals surface area contributed by atoms with Crippen LogP contribution in [-0.4, -0.2) is 33.3 Å². The topological polar surface area (TPSA) is 70.0 Å². The fourth-order valence-corrected chi connectivity index (χ4v) is 5.31. The molecular formula is C24H24Cl2N2O3. The Morgan fingerprint density at radius 2 is 1.74 bits per heavy atom. The van der Waals surface area contributed by atoms with E-state index in [1.54, 1.807) is 30.3 Å². The van der Waals surface area contributed by atoms with Crippen LogP contribution in [0.2, 0.25) is 10.0 Å². The van der Waals surface area contributed by atoms with Crippen LogP contribution in [0.3, 0.4) is 0 Å². The Labute approximate surface area is 191 Å². The lowest BCUT2D eigenvalue weighted by Crippen LogP contribution is -2.47. The molecule has 1 spiro atoms. The normalized spacial score (nSPS) is 18.5. The molecule has 1 amide bonds. The highest BCUT2D eigenvalue weighted by Crippen LogP contribution is 2.46. The Kier molecular flexibility index (Phi) is 6.09. The molecule has 4 rings (SSSR count). The molecule has 1 aliphatic heterocycles. The number of rotatable bonds is 6. The van der Waals surface area contributed by atoms with Gasteiger partial charge in [0.1, 0.15) is 11.4 Å². The molecule has 1 N–H and O–H groups in total. The minimum atomic E-state index is -0.966. The lowest BCUT2D eigenvalue weighted by molar-refractivity contribution is -0.131. The number of carbonyl (C=O) groups excluding carboxylic acids is 1. The number of carbonyl (C=O) groups is 2. The second kappa shape index (κ2) is 8.64. The first kappa shape index (κ1) is 21.8. The molecule has 0 aromatic heterocycles. The Bertz CT molecular complexity index is 1020. The molecule has 5 nitrogen and oxygen atoms in total. The van der Waals surface area contributed by atoms with E-state index in [-0.39, 0.29) is 17.5 Å². The molecule has 7 heteroatoms. The van der Waals surface area contributed by atoms with Crippen molar-refractivity contribution in [2.24, 2.45) is 4.99 Å². The minimum absolute atomic E-state index is 0.124. The molecule has 0 radical (unpaired) electrons. The molecule has 31 heavy (non-hydrogen) atoms. The number of amides is 1. The van der Waals surface area contributed by atoms with E-state index in [2.05, 4.69) is 6.92 Å². The lowest BCUT2D eigenvalue weighted by Gasteiger charge is -2.39. The summed E-state index contributed by atoms with van der Waals surface area (Å²) in [5.74, 6) is -1.09. The third kappa shape index (κ3) is 4.09. The molecule has 0 bridgehead atoms. The third-order valence-corrected chi connectivity index (χ3v) is 6.58. The van der Waals surface area contributed by atoms with Crippen LogP contribution >= 0.6 is 23.2 Å². The molecule has 1 fully saturated rings. The summed E-state index contributed by atoms with van der Waals surface area (Å²) in [6.45, 7) is 2.08. The van der Waals surface area contributed by atoms with E-state index in [1.165, 1.54) is 0 Å². The highest BCUT2D eigenvalue weighted by molar-refractivity contribution is 6.47. The second-order valence-corrected chi connectivity index (χ2v) is 9.09. The van der Waals surface area contributed by atoms with Crippen molar-refractivity contribution in [3.63, 3.8) is 0 Å². The number of carboxylic acids is 1. The fraction of sp³-hybridized carbons (Fsp3) is 0.375. The molecule has 1 heterocycles. The monoisotopic (exact) mass is 458 g/mol. The summed E-state index contributed by atoms with van der Waals surface area (Å²) in [6, 6.07) is 11.7. The maximum Gasteiger partial charge on any atom is 0.335 e. The summed E-state index contributed by atoms with van der Waals surface area (Å²) in [7, 11) is 0. The molecule has 1 saturated carbocycles. The van der Waals surface area contributed by atoms with E-state index in [0.29, 0.717) is 21.3 Å². The van der Waals surface area contributed by atoms with Gasteiger partial charge in [-0.1, -0.05) is 48.7 Å². The van der Waals surface area contributed by atoms with Gasteiger partial charge in [-0.25, -0.2) is 4.79 Å². The molecule has 1 aliphatic carbocycles. The van der Waals surface area contributed by atoms with Gasteiger partial charge in [-0.15, -0.1) is 0 Å². The summed E-state index contributed by atoms with van der Waals surface area (Å²) in [5.41, 5.74) is 1.61. The highest BCUT2D eigenvalue weighted by Gasteiger charge is 2.51. The number of halogens is 2. The van der Waals surface area contributed by atoms with Gasteiger partial charge in [0.25, 0.3) is 5.91 Å². The highest BCUT2D eigenvalue weighted by atomic mass is 35.5. The van der Waals surface area contributed by atoms with E-state index in [1.807, 2.05) is 17.0 Å². The Morgan fingerprint density at radius 1 is 1.13 bits per heavy atom. The number of aliphatic imine (C=N–C) groups is 1. The summed E-state index contributed by atoms with van der Waals surface area (Å²) >= 11 is 12.4. The molecule has 2 aromatic carbocycles. The summed E-state index contributed by atoms with van der Waals surface area (Å²) in [6.07, 6.45) is 5.28. The van der Waals surface area contributed by atoms with Crippen LogP contribution in [0.15, 0.2) is 47.5 Å². The average Bonchev–Trinajstić information content (AvgIpc) is 3.31. The zero-order valence-corrected chi connectivity index (χ0v) is 18.8. The van der Waals surface area contributed by atoms with E-state index in [4.69, 9.17) is 28.2 Å². The van der Waals surface area contributed by atoms with Gasteiger partial charge in [0.15, 0.2) is 0 Å². The van der Waals surface area contributed by atoms with Crippen molar-refractivity contribution < 1.29 is 14.7 Å². The van der Waals surface area contributed by atoms with Gasteiger partial charge in [-0.05, 0) is 68.0 Å². The fourth-order valence-electron chi connectivity index (χ4n) is 4.78. The smallest absolute Gasteiger partial charge is 0.335 e. The zero-order chi connectivity index (χ0) is 22.2. The van der Waals surface area contributed by atoms with E-state index in [9.17, 15) is 14.7 Å². The van der Waals surface area contributed by atoms with Crippen molar-refractivity contribution >= 4 is 40.8 Å². The van der Waals surface area contributed by atoms with Crippen molar-refractivity contribution in [1.29, 1.82) is 0 Å². The Hall–Kier alpha value is -2.37. The molecule has 0 saturated heterocycles. The van der Waals surface area contributed by atoms with Crippen molar-refractivity contribution in [1.82, 2.24) is 4.90 Å². The molecule has 162 valence electrons.